The Morgan fingerprint density at radius 1 is 1.19 bits per heavy atom. The lowest BCUT2D eigenvalue weighted by atomic mass is 9.90. The van der Waals surface area contributed by atoms with E-state index >= 15 is 0 Å². The fraction of sp³-hybridized carbons (Fsp3) is 0.500. The molecule has 21 heavy (non-hydrogen) atoms. The smallest absolute Gasteiger partial charge is 0.407 e. The van der Waals surface area contributed by atoms with Gasteiger partial charge in [0.15, 0.2) is 0 Å². The summed E-state index contributed by atoms with van der Waals surface area (Å²) in [5.74, 6) is -0.631. The number of aliphatic carboxylic acids is 1. The Bertz CT molecular complexity index is 427. The minimum Gasteiger partial charge on any atom is -0.481 e. The van der Waals surface area contributed by atoms with Crippen LogP contribution in [0.25, 0.3) is 0 Å². The standard InChI is InChI=1S/C9H11NO2.C7H12O2/c1-10-9(11)12-7-8-5-3-2-4-6-8;8-7(9)6-4-2-1-3-5-6/h2-6H,7H2,1H3,(H,10,11);6H,1-5H2,(H,8,9). The lowest BCUT2D eigenvalue weighted by Crippen LogP contribution is -2.18. The first kappa shape index (κ1) is 17.0. The Kier molecular flexibility index (Phi) is 7.94. The first-order chi connectivity index (χ1) is 10.1. The lowest BCUT2D eigenvalue weighted by Gasteiger charge is -2.16. The number of nitrogens with one attached hydrogen (secondary N) is 1. The lowest BCUT2D eigenvalue weighted by molar-refractivity contribution is -0.142. The predicted molar refractivity (Wildman–Crippen MR) is 79.9 cm³/mol. The van der Waals surface area contributed by atoms with Crippen LogP contribution < -0.4 is 5.32 Å². The number of alkyl carbamates (subject to hydrolysis) is 1. The second-order valence-electron chi connectivity index (χ2n) is 4.98. The third-order valence-corrected chi connectivity index (χ3v) is 3.37. The number of carboxylic acids is 1. The summed E-state index contributed by atoms with van der Waals surface area (Å²) in [6.07, 6.45) is 4.83. The van der Waals surface area contributed by atoms with Gasteiger partial charge in [0, 0.05) is 7.05 Å². The van der Waals surface area contributed by atoms with Gasteiger partial charge in [0.1, 0.15) is 6.61 Å². The highest BCUT2D eigenvalue weighted by atomic mass is 16.5. The molecule has 0 atom stereocenters. The zero-order valence-electron chi connectivity index (χ0n) is 12.4. The van der Waals surface area contributed by atoms with Crippen molar-refractivity contribution in [2.45, 2.75) is 38.7 Å². The summed E-state index contributed by atoms with van der Waals surface area (Å²) in [6, 6.07) is 9.54. The molecule has 5 nitrogen and oxygen atoms in total. The zero-order chi connectivity index (χ0) is 15.5. The van der Waals surface area contributed by atoms with E-state index in [0.717, 1.165) is 31.2 Å². The molecule has 0 heterocycles. The minimum absolute atomic E-state index is 0.0289. The first-order valence-electron chi connectivity index (χ1n) is 7.24. The molecule has 1 amide bonds. The number of carbonyl (C=O) groups excluding carboxylic acids is 1. The van der Waals surface area contributed by atoms with Gasteiger partial charge < -0.3 is 15.2 Å². The van der Waals surface area contributed by atoms with Crippen LogP contribution in [0.5, 0.6) is 0 Å². The number of benzene rings is 1. The molecular weight excluding hydrogens is 270 g/mol. The van der Waals surface area contributed by atoms with Crippen molar-refractivity contribution in [3.8, 4) is 0 Å². The number of carbonyl (C=O) groups is 2. The van der Waals surface area contributed by atoms with E-state index in [1.54, 1.807) is 0 Å². The Balaban J connectivity index is 0.000000219. The van der Waals surface area contributed by atoms with E-state index in [4.69, 9.17) is 9.84 Å². The predicted octanol–water partition coefficient (Wildman–Crippen LogP) is 3.19. The average molecular weight is 293 g/mol. The van der Waals surface area contributed by atoms with Crippen molar-refractivity contribution in [3.05, 3.63) is 35.9 Å². The van der Waals surface area contributed by atoms with Crippen LogP contribution in [0.2, 0.25) is 0 Å². The van der Waals surface area contributed by atoms with Gasteiger partial charge in [-0.05, 0) is 18.4 Å². The molecular formula is C16H23NO4. The summed E-state index contributed by atoms with van der Waals surface area (Å²) in [6.45, 7) is 0.320. The van der Waals surface area contributed by atoms with Crippen molar-refractivity contribution in [3.63, 3.8) is 0 Å². The molecule has 0 spiro atoms. The quantitative estimate of drug-likeness (QED) is 0.897. The summed E-state index contributed by atoms with van der Waals surface area (Å²) in [4.78, 5) is 21.0. The summed E-state index contributed by atoms with van der Waals surface area (Å²) in [7, 11) is 1.54. The summed E-state index contributed by atoms with van der Waals surface area (Å²) >= 11 is 0. The monoisotopic (exact) mass is 293 g/mol. The topological polar surface area (TPSA) is 75.6 Å². The highest BCUT2D eigenvalue weighted by Crippen LogP contribution is 2.23. The van der Waals surface area contributed by atoms with Crippen LogP contribution in [-0.2, 0) is 16.1 Å². The molecule has 2 N–H and O–H groups in total. The SMILES string of the molecule is CNC(=O)OCc1ccccc1.O=C(O)C1CCCCC1. The molecule has 1 fully saturated rings. The van der Waals surface area contributed by atoms with Gasteiger partial charge in [0.25, 0.3) is 0 Å². The van der Waals surface area contributed by atoms with Gasteiger partial charge in [0.2, 0.25) is 0 Å². The van der Waals surface area contributed by atoms with E-state index in [1.807, 2.05) is 30.3 Å². The number of ether oxygens (including phenoxy) is 1. The van der Waals surface area contributed by atoms with E-state index in [-0.39, 0.29) is 5.92 Å². The molecule has 5 heteroatoms. The Labute approximate surface area is 125 Å². The maximum Gasteiger partial charge on any atom is 0.407 e. The van der Waals surface area contributed by atoms with Crippen molar-refractivity contribution < 1.29 is 19.4 Å². The molecule has 1 aliphatic rings. The van der Waals surface area contributed by atoms with Crippen LogP contribution in [0.4, 0.5) is 4.79 Å². The molecule has 1 aromatic carbocycles. The second-order valence-corrected chi connectivity index (χ2v) is 4.98. The maximum atomic E-state index is 10.7. The van der Waals surface area contributed by atoms with E-state index in [1.165, 1.54) is 13.5 Å². The molecule has 2 rings (SSSR count). The largest absolute Gasteiger partial charge is 0.481 e. The number of hydrogen-bond donors (Lipinski definition) is 2. The van der Waals surface area contributed by atoms with Gasteiger partial charge in [-0.2, -0.15) is 0 Å². The molecule has 1 saturated carbocycles. The molecule has 0 aromatic heterocycles. The Hall–Kier alpha value is -2.04. The third-order valence-electron chi connectivity index (χ3n) is 3.37. The van der Waals surface area contributed by atoms with Crippen LogP contribution in [0, 0.1) is 5.92 Å². The normalized spacial score (nSPS) is 14.5. The van der Waals surface area contributed by atoms with Gasteiger partial charge in [0.05, 0.1) is 5.92 Å². The summed E-state index contributed by atoms with van der Waals surface area (Å²) in [5, 5.41) is 10.9. The molecule has 0 aliphatic heterocycles. The van der Waals surface area contributed by atoms with E-state index in [0.29, 0.717) is 6.61 Å². The Morgan fingerprint density at radius 3 is 2.29 bits per heavy atom. The number of rotatable bonds is 3. The molecule has 0 saturated heterocycles. The fourth-order valence-corrected chi connectivity index (χ4v) is 2.14. The van der Waals surface area contributed by atoms with E-state index in [9.17, 15) is 9.59 Å². The second kappa shape index (κ2) is 9.80. The molecule has 0 radical (unpaired) electrons. The highest BCUT2D eigenvalue weighted by Gasteiger charge is 2.19. The third kappa shape index (κ3) is 7.34. The van der Waals surface area contributed by atoms with Crippen LogP contribution in [0.3, 0.4) is 0 Å². The summed E-state index contributed by atoms with van der Waals surface area (Å²) in [5.41, 5.74) is 0.987. The van der Waals surface area contributed by atoms with Crippen molar-refractivity contribution in [2.24, 2.45) is 5.92 Å². The van der Waals surface area contributed by atoms with Gasteiger partial charge in [-0.15, -0.1) is 0 Å². The Morgan fingerprint density at radius 2 is 1.81 bits per heavy atom. The molecule has 1 aromatic rings. The molecule has 116 valence electrons. The number of hydrogen-bond acceptors (Lipinski definition) is 3. The van der Waals surface area contributed by atoms with Gasteiger partial charge >= 0.3 is 12.1 Å². The fourth-order valence-electron chi connectivity index (χ4n) is 2.14. The molecule has 1 aliphatic carbocycles. The molecule has 0 bridgehead atoms. The van der Waals surface area contributed by atoms with Crippen LogP contribution in [0.15, 0.2) is 30.3 Å². The van der Waals surface area contributed by atoms with Gasteiger partial charge in [-0.3, -0.25) is 4.79 Å². The maximum absolute atomic E-state index is 10.7. The first-order valence-corrected chi connectivity index (χ1v) is 7.24. The van der Waals surface area contributed by atoms with Gasteiger partial charge in [-0.25, -0.2) is 4.79 Å². The molecule has 0 unspecified atom stereocenters. The van der Waals surface area contributed by atoms with Crippen molar-refractivity contribution in [2.75, 3.05) is 7.05 Å². The minimum atomic E-state index is -0.602. The summed E-state index contributed by atoms with van der Waals surface area (Å²) < 4.78 is 4.83. The van der Waals surface area contributed by atoms with Crippen LogP contribution in [0.1, 0.15) is 37.7 Å². The van der Waals surface area contributed by atoms with Crippen molar-refractivity contribution in [1.82, 2.24) is 5.32 Å². The van der Waals surface area contributed by atoms with Crippen LogP contribution >= 0.6 is 0 Å². The average Bonchev–Trinajstić information content (AvgIpc) is 2.55. The number of carboxylic acid groups (broad SMARTS) is 1. The zero-order valence-corrected chi connectivity index (χ0v) is 12.4. The van der Waals surface area contributed by atoms with Crippen LogP contribution in [-0.4, -0.2) is 24.2 Å². The highest BCUT2D eigenvalue weighted by molar-refractivity contribution is 5.69. The van der Waals surface area contributed by atoms with Crippen molar-refractivity contribution in [1.29, 1.82) is 0 Å². The van der Waals surface area contributed by atoms with E-state index < -0.39 is 12.1 Å². The van der Waals surface area contributed by atoms with E-state index in [2.05, 4.69) is 5.32 Å². The van der Waals surface area contributed by atoms with Gasteiger partial charge in [-0.1, -0.05) is 49.6 Å². The number of amides is 1. The van der Waals surface area contributed by atoms with Crippen molar-refractivity contribution >= 4 is 12.1 Å².